The van der Waals surface area contributed by atoms with Crippen LogP contribution in [0.3, 0.4) is 0 Å². The highest BCUT2D eigenvalue weighted by Crippen LogP contribution is 2.32. The van der Waals surface area contributed by atoms with Crippen LogP contribution >= 0.6 is 11.3 Å². The lowest BCUT2D eigenvalue weighted by Gasteiger charge is -1.99. The molecule has 2 aromatic rings. The molecule has 0 bridgehead atoms. The normalized spacial score (nSPS) is 12.9. The number of carbonyl (C=O) groups is 1. The first-order chi connectivity index (χ1) is 7.09. The highest BCUT2D eigenvalue weighted by molar-refractivity contribution is 7.17. The minimum Gasteiger partial charge on any atom is -0.478 e. The molecule has 0 aliphatic heterocycles. The van der Waals surface area contributed by atoms with Crippen LogP contribution in [0.2, 0.25) is 0 Å². The predicted octanol–water partition coefficient (Wildman–Crippen LogP) is 3.63. The molecule has 0 amide bonds. The predicted molar refractivity (Wildman–Crippen MR) is 58.3 cm³/mol. The summed E-state index contributed by atoms with van der Waals surface area (Å²) in [5.74, 6) is -0.958. The Morgan fingerprint density at radius 1 is 1.53 bits per heavy atom. The Morgan fingerprint density at radius 2 is 2.27 bits per heavy atom. The van der Waals surface area contributed by atoms with Crippen LogP contribution in [-0.2, 0) is 0 Å². The van der Waals surface area contributed by atoms with Crippen molar-refractivity contribution in [2.75, 3.05) is 0 Å². The van der Waals surface area contributed by atoms with Crippen molar-refractivity contribution in [2.45, 2.75) is 13.1 Å². The van der Waals surface area contributed by atoms with Gasteiger partial charge in [-0.25, -0.2) is 9.18 Å². The molecule has 1 N–H and O–H groups in total. The Balaban J connectivity index is 2.61. The van der Waals surface area contributed by atoms with Gasteiger partial charge < -0.3 is 5.11 Å². The second kappa shape index (κ2) is 3.62. The number of benzene rings is 1. The van der Waals surface area contributed by atoms with E-state index in [9.17, 15) is 9.18 Å². The van der Waals surface area contributed by atoms with Gasteiger partial charge in [-0.3, -0.25) is 0 Å². The van der Waals surface area contributed by atoms with Gasteiger partial charge in [0, 0.05) is 10.3 Å². The number of aromatic carboxylic acids is 1. The molecule has 0 fully saturated rings. The molecule has 78 valence electrons. The Morgan fingerprint density at radius 3 is 2.87 bits per heavy atom. The number of thiophene rings is 1. The maximum Gasteiger partial charge on any atom is 0.335 e. The van der Waals surface area contributed by atoms with Crippen LogP contribution in [0.5, 0.6) is 0 Å². The summed E-state index contributed by atoms with van der Waals surface area (Å²) in [7, 11) is 0. The van der Waals surface area contributed by atoms with Gasteiger partial charge in [0.15, 0.2) is 0 Å². The zero-order valence-corrected chi connectivity index (χ0v) is 8.84. The van der Waals surface area contributed by atoms with Crippen molar-refractivity contribution in [1.82, 2.24) is 0 Å². The van der Waals surface area contributed by atoms with Gasteiger partial charge in [-0.1, -0.05) is 6.07 Å². The minimum atomic E-state index is -1.02. The molecule has 0 saturated carbocycles. The first-order valence-corrected chi connectivity index (χ1v) is 5.36. The number of rotatable bonds is 2. The van der Waals surface area contributed by atoms with Gasteiger partial charge in [0.2, 0.25) is 0 Å². The van der Waals surface area contributed by atoms with Crippen molar-refractivity contribution in [3.63, 3.8) is 0 Å². The topological polar surface area (TPSA) is 37.3 Å². The summed E-state index contributed by atoms with van der Waals surface area (Å²) >= 11 is 1.37. The molecule has 0 saturated heterocycles. The molecule has 15 heavy (non-hydrogen) atoms. The first-order valence-electron chi connectivity index (χ1n) is 4.48. The SMILES string of the molecule is CC(F)c1csc2cc(C(=O)O)ccc12. The third kappa shape index (κ3) is 1.72. The maximum absolute atomic E-state index is 13.1. The smallest absolute Gasteiger partial charge is 0.335 e. The Hall–Kier alpha value is -1.42. The van der Waals surface area contributed by atoms with E-state index in [0.29, 0.717) is 5.56 Å². The second-order valence-corrected chi connectivity index (χ2v) is 4.23. The van der Waals surface area contributed by atoms with E-state index in [2.05, 4.69) is 0 Å². The maximum atomic E-state index is 13.1. The monoisotopic (exact) mass is 224 g/mol. The summed E-state index contributed by atoms with van der Waals surface area (Å²) in [4.78, 5) is 10.7. The average Bonchev–Trinajstić information content (AvgIpc) is 2.59. The third-order valence-electron chi connectivity index (χ3n) is 2.28. The van der Waals surface area contributed by atoms with Crippen LogP contribution in [0.1, 0.15) is 29.0 Å². The van der Waals surface area contributed by atoms with Crippen LogP contribution in [-0.4, -0.2) is 11.1 Å². The molecule has 0 aliphatic carbocycles. The molecule has 1 heterocycles. The fraction of sp³-hybridized carbons (Fsp3) is 0.182. The molecule has 0 aliphatic rings. The third-order valence-corrected chi connectivity index (χ3v) is 3.24. The fourth-order valence-corrected chi connectivity index (χ4v) is 2.57. The average molecular weight is 224 g/mol. The number of halogens is 1. The Kier molecular flexibility index (Phi) is 2.44. The molecule has 1 aromatic carbocycles. The van der Waals surface area contributed by atoms with E-state index in [0.717, 1.165) is 10.1 Å². The lowest BCUT2D eigenvalue weighted by Crippen LogP contribution is -1.94. The van der Waals surface area contributed by atoms with Gasteiger partial charge in [0.05, 0.1) is 5.56 Å². The Labute approximate surface area is 90.0 Å². The number of hydrogen-bond acceptors (Lipinski definition) is 2. The molecule has 4 heteroatoms. The van der Waals surface area contributed by atoms with Gasteiger partial charge in [-0.05, 0) is 29.8 Å². The van der Waals surface area contributed by atoms with Crippen LogP contribution in [0.15, 0.2) is 23.6 Å². The van der Waals surface area contributed by atoms with Gasteiger partial charge in [0.1, 0.15) is 6.17 Å². The minimum absolute atomic E-state index is 0.238. The lowest BCUT2D eigenvalue weighted by molar-refractivity contribution is 0.0697. The van der Waals surface area contributed by atoms with Crippen molar-refractivity contribution < 1.29 is 14.3 Å². The van der Waals surface area contributed by atoms with Gasteiger partial charge in [0.25, 0.3) is 0 Å². The zero-order valence-electron chi connectivity index (χ0n) is 8.03. The number of fused-ring (bicyclic) bond motifs is 1. The zero-order chi connectivity index (χ0) is 11.0. The highest BCUT2D eigenvalue weighted by atomic mass is 32.1. The van der Waals surface area contributed by atoms with Crippen molar-refractivity contribution in [3.8, 4) is 0 Å². The van der Waals surface area contributed by atoms with Crippen LogP contribution in [0.25, 0.3) is 10.1 Å². The molecule has 0 radical (unpaired) electrons. The van der Waals surface area contributed by atoms with E-state index < -0.39 is 12.1 Å². The van der Waals surface area contributed by atoms with Gasteiger partial charge >= 0.3 is 5.97 Å². The summed E-state index contributed by atoms with van der Waals surface area (Å²) in [5.41, 5.74) is 0.870. The summed E-state index contributed by atoms with van der Waals surface area (Å²) in [6.45, 7) is 1.48. The summed E-state index contributed by atoms with van der Waals surface area (Å²) in [5, 5.41) is 11.3. The molecular formula is C11H9FO2S. The first kappa shape index (κ1) is 10.1. The number of carboxylic acids is 1. The molecular weight excluding hydrogens is 215 g/mol. The molecule has 1 aromatic heterocycles. The molecule has 1 atom stereocenters. The molecule has 0 spiro atoms. The summed E-state index contributed by atoms with van der Waals surface area (Å²) in [6.07, 6.45) is -1.02. The number of hydrogen-bond donors (Lipinski definition) is 1. The van der Waals surface area contributed by atoms with Crippen LogP contribution in [0.4, 0.5) is 4.39 Å². The number of carboxylic acid groups (broad SMARTS) is 1. The Bertz CT molecular complexity index is 516. The van der Waals surface area contributed by atoms with E-state index in [1.807, 2.05) is 0 Å². The largest absolute Gasteiger partial charge is 0.478 e. The van der Waals surface area contributed by atoms with Gasteiger partial charge in [-0.2, -0.15) is 0 Å². The summed E-state index contributed by atoms with van der Waals surface area (Å²) in [6, 6.07) is 4.75. The van der Waals surface area contributed by atoms with E-state index in [4.69, 9.17) is 5.11 Å². The number of alkyl halides is 1. The van der Waals surface area contributed by atoms with E-state index in [1.165, 1.54) is 24.3 Å². The van der Waals surface area contributed by atoms with Crippen LogP contribution in [0, 0.1) is 0 Å². The van der Waals surface area contributed by atoms with Crippen molar-refractivity contribution in [3.05, 3.63) is 34.7 Å². The van der Waals surface area contributed by atoms with Gasteiger partial charge in [-0.15, -0.1) is 11.3 Å². The molecule has 2 rings (SSSR count). The standard InChI is InChI=1S/C11H9FO2S/c1-6(12)9-5-15-10-4-7(11(13)14)2-3-8(9)10/h2-6H,1H3,(H,13,14). The van der Waals surface area contributed by atoms with E-state index in [1.54, 1.807) is 17.5 Å². The van der Waals surface area contributed by atoms with Crippen LogP contribution < -0.4 is 0 Å². The van der Waals surface area contributed by atoms with Crippen molar-refractivity contribution >= 4 is 27.4 Å². The van der Waals surface area contributed by atoms with E-state index in [-0.39, 0.29) is 5.56 Å². The fourth-order valence-electron chi connectivity index (χ4n) is 1.49. The van der Waals surface area contributed by atoms with Crippen molar-refractivity contribution in [2.24, 2.45) is 0 Å². The quantitative estimate of drug-likeness (QED) is 0.845. The molecule has 1 unspecified atom stereocenters. The second-order valence-electron chi connectivity index (χ2n) is 3.32. The van der Waals surface area contributed by atoms with Crippen molar-refractivity contribution in [1.29, 1.82) is 0 Å². The molecule has 2 nitrogen and oxygen atoms in total. The van der Waals surface area contributed by atoms with E-state index >= 15 is 0 Å². The summed E-state index contributed by atoms with van der Waals surface area (Å²) < 4.78 is 14.0. The highest BCUT2D eigenvalue weighted by Gasteiger charge is 2.11. The lowest BCUT2D eigenvalue weighted by atomic mass is 10.1.